The molecular weight excluding hydrogens is 336 g/mol. The summed E-state index contributed by atoms with van der Waals surface area (Å²) in [6, 6.07) is 7.51. The quantitative estimate of drug-likeness (QED) is 0.404. The van der Waals surface area contributed by atoms with Crippen molar-refractivity contribution in [1.82, 2.24) is 10.2 Å². The fourth-order valence-corrected chi connectivity index (χ4v) is 4.31. The van der Waals surface area contributed by atoms with Gasteiger partial charge in [0.1, 0.15) is 0 Å². The van der Waals surface area contributed by atoms with Crippen molar-refractivity contribution < 1.29 is 8.42 Å². The lowest BCUT2D eigenvalue weighted by atomic mass is 9.87. The number of nitrogens with two attached hydrogens (primary N) is 1. The summed E-state index contributed by atoms with van der Waals surface area (Å²) >= 11 is 0. The Bertz CT molecular complexity index is 693. The maximum absolute atomic E-state index is 12.4. The van der Waals surface area contributed by atoms with E-state index in [1.807, 2.05) is 17.0 Å². The van der Waals surface area contributed by atoms with Crippen LogP contribution in [0, 0.1) is 5.41 Å². The van der Waals surface area contributed by atoms with E-state index in [0.29, 0.717) is 17.9 Å². The van der Waals surface area contributed by atoms with Crippen molar-refractivity contribution in [3.63, 3.8) is 0 Å². The molecule has 2 rings (SSSR count). The molecule has 0 radical (unpaired) electrons. The molecule has 7 heteroatoms. The van der Waals surface area contributed by atoms with E-state index in [1.165, 1.54) is 0 Å². The van der Waals surface area contributed by atoms with E-state index in [2.05, 4.69) is 26.1 Å². The molecule has 0 aromatic heterocycles. The maximum Gasteiger partial charge on any atom is 0.188 e. The Labute approximate surface area is 151 Å². The fourth-order valence-electron chi connectivity index (χ4n) is 2.99. The van der Waals surface area contributed by atoms with Gasteiger partial charge in [-0.15, -0.1) is 0 Å². The van der Waals surface area contributed by atoms with Gasteiger partial charge in [-0.05, 0) is 42.5 Å². The summed E-state index contributed by atoms with van der Waals surface area (Å²) in [6.07, 6.45) is 1.50. The summed E-state index contributed by atoms with van der Waals surface area (Å²) < 4.78 is 24.9. The predicted octanol–water partition coefficient (Wildman–Crippen LogP) is 1.71. The van der Waals surface area contributed by atoms with Gasteiger partial charge in [0, 0.05) is 19.1 Å². The van der Waals surface area contributed by atoms with Crippen LogP contribution in [-0.4, -0.2) is 50.7 Å². The zero-order chi connectivity index (χ0) is 18.7. The summed E-state index contributed by atoms with van der Waals surface area (Å²) in [4.78, 5) is 2.22. The number of guanidine groups is 1. The average Bonchev–Trinajstić information content (AvgIpc) is 3.00. The maximum atomic E-state index is 12.4. The third-order valence-corrected chi connectivity index (χ3v) is 6.45. The molecule has 1 aromatic rings. The molecule has 140 valence electrons. The Morgan fingerprint density at radius 2 is 1.96 bits per heavy atom. The molecule has 1 atom stereocenters. The molecule has 6 nitrogen and oxygen atoms in total. The Balaban J connectivity index is 1.81. The van der Waals surface area contributed by atoms with Crippen molar-refractivity contribution in [3.8, 4) is 0 Å². The van der Waals surface area contributed by atoms with Gasteiger partial charge < -0.3 is 16.0 Å². The molecule has 1 unspecified atom stereocenters. The highest BCUT2D eigenvalue weighted by molar-refractivity contribution is 7.91. The molecule has 4 N–H and O–H groups in total. The normalized spacial score (nSPS) is 18.5. The SMILES string of the molecule is CC(C)(C)c1ccc(S(=O)(=O)CCCNC2CCN(C(=N)N)C2)cc1. The lowest BCUT2D eigenvalue weighted by molar-refractivity contribution is 0.470. The Morgan fingerprint density at radius 1 is 1.32 bits per heavy atom. The first kappa shape index (κ1) is 19.7. The molecule has 0 aliphatic carbocycles. The average molecular weight is 367 g/mol. The molecule has 0 bridgehead atoms. The largest absolute Gasteiger partial charge is 0.370 e. The van der Waals surface area contributed by atoms with Crippen molar-refractivity contribution in [2.45, 2.75) is 50.0 Å². The first-order valence-electron chi connectivity index (χ1n) is 8.75. The molecule has 1 aliphatic rings. The van der Waals surface area contributed by atoms with Crippen molar-refractivity contribution in [2.24, 2.45) is 5.73 Å². The van der Waals surface area contributed by atoms with Crippen LogP contribution in [0.15, 0.2) is 29.2 Å². The molecule has 1 aliphatic heterocycles. The van der Waals surface area contributed by atoms with Gasteiger partial charge >= 0.3 is 0 Å². The van der Waals surface area contributed by atoms with Crippen LogP contribution >= 0.6 is 0 Å². The predicted molar refractivity (Wildman–Crippen MR) is 102 cm³/mol. The number of rotatable bonds is 6. The summed E-state index contributed by atoms with van der Waals surface area (Å²) in [5.41, 5.74) is 6.62. The molecule has 25 heavy (non-hydrogen) atoms. The topological polar surface area (TPSA) is 99.3 Å². The third kappa shape index (κ3) is 5.44. The van der Waals surface area contributed by atoms with Crippen molar-refractivity contribution in [3.05, 3.63) is 29.8 Å². The zero-order valence-corrected chi connectivity index (χ0v) is 16.2. The Kier molecular flexibility index (Phi) is 6.11. The minimum absolute atomic E-state index is 0.0151. The van der Waals surface area contributed by atoms with Gasteiger partial charge in [-0.25, -0.2) is 8.42 Å². The highest BCUT2D eigenvalue weighted by Crippen LogP contribution is 2.23. The van der Waals surface area contributed by atoms with Crippen LogP contribution in [0.25, 0.3) is 0 Å². The minimum Gasteiger partial charge on any atom is -0.370 e. The molecular formula is C18H30N4O2S. The molecule has 0 amide bonds. The molecule has 0 spiro atoms. The molecule has 1 saturated heterocycles. The molecule has 1 heterocycles. The first-order chi connectivity index (χ1) is 11.6. The van der Waals surface area contributed by atoms with Crippen LogP contribution < -0.4 is 11.1 Å². The van der Waals surface area contributed by atoms with Gasteiger partial charge in [0.25, 0.3) is 0 Å². The second-order valence-corrected chi connectivity index (χ2v) is 9.83. The zero-order valence-electron chi connectivity index (χ0n) is 15.4. The number of hydrogen-bond acceptors (Lipinski definition) is 4. The summed E-state index contributed by atoms with van der Waals surface area (Å²) in [7, 11) is -3.25. The first-order valence-corrected chi connectivity index (χ1v) is 10.4. The van der Waals surface area contributed by atoms with Gasteiger partial charge in [-0.3, -0.25) is 5.41 Å². The summed E-state index contributed by atoms with van der Waals surface area (Å²) in [5, 5.41) is 10.8. The van der Waals surface area contributed by atoms with E-state index in [4.69, 9.17) is 11.1 Å². The summed E-state index contributed by atoms with van der Waals surface area (Å²) in [6.45, 7) is 8.48. The minimum atomic E-state index is -3.25. The van der Waals surface area contributed by atoms with E-state index in [-0.39, 0.29) is 23.2 Å². The third-order valence-electron chi connectivity index (χ3n) is 4.63. The highest BCUT2D eigenvalue weighted by atomic mass is 32.2. The van der Waals surface area contributed by atoms with Crippen molar-refractivity contribution in [2.75, 3.05) is 25.4 Å². The van der Waals surface area contributed by atoms with Crippen LogP contribution in [0.4, 0.5) is 0 Å². The Hall–Kier alpha value is -1.60. The van der Waals surface area contributed by atoms with E-state index in [1.54, 1.807) is 12.1 Å². The standard InChI is InChI=1S/C18H30N4O2S/c1-18(2,3)14-5-7-16(8-6-14)25(23,24)12-4-10-21-15-9-11-22(13-15)17(19)20/h5-8,15,21H,4,9-13H2,1-3H3,(H3,19,20). The van der Waals surface area contributed by atoms with E-state index in [9.17, 15) is 8.42 Å². The summed E-state index contributed by atoms with van der Waals surface area (Å²) in [5.74, 6) is 0.239. The van der Waals surface area contributed by atoms with Crippen molar-refractivity contribution in [1.29, 1.82) is 5.41 Å². The molecule has 1 fully saturated rings. The highest BCUT2D eigenvalue weighted by Gasteiger charge is 2.23. The van der Waals surface area contributed by atoms with Crippen LogP contribution in [-0.2, 0) is 15.3 Å². The lowest BCUT2D eigenvalue weighted by Crippen LogP contribution is -2.38. The number of hydrogen-bond donors (Lipinski definition) is 3. The van der Waals surface area contributed by atoms with Gasteiger partial charge in [-0.1, -0.05) is 32.9 Å². The number of benzene rings is 1. The monoisotopic (exact) mass is 366 g/mol. The van der Waals surface area contributed by atoms with Crippen LogP contribution in [0.2, 0.25) is 0 Å². The second-order valence-electron chi connectivity index (χ2n) is 7.72. The molecule has 0 saturated carbocycles. The van der Waals surface area contributed by atoms with Crippen molar-refractivity contribution >= 4 is 15.8 Å². The van der Waals surface area contributed by atoms with Crippen LogP contribution in [0.5, 0.6) is 0 Å². The number of nitrogens with zero attached hydrogens (tertiary/aromatic N) is 1. The Morgan fingerprint density at radius 3 is 2.48 bits per heavy atom. The lowest BCUT2D eigenvalue weighted by Gasteiger charge is -2.19. The second kappa shape index (κ2) is 7.74. The number of sulfone groups is 1. The van der Waals surface area contributed by atoms with Gasteiger partial charge in [0.2, 0.25) is 0 Å². The van der Waals surface area contributed by atoms with Gasteiger partial charge in [0.15, 0.2) is 15.8 Å². The fraction of sp³-hybridized carbons (Fsp3) is 0.611. The van der Waals surface area contributed by atoms with E-state index >= 15 is 0 Å². The van der Waals surface area contributed by atoms with E-state index < -0.39 is 9.84 Å². The van der Waals surface area contributed by atoms with Gasteiger partial charge in [-0.2, -0.15) is 0 Å². The number of likely N-dealkylation sites (tertiary alicyclic amines) is 1. The number of nitrogens with one attached hydrogen (secondary N) is 2. The smallest absolute Gasteiger partial charge is 0.188 e. The molecule has 1 aromatic carbocycles. The van der Waals surface area contributed by atoms with Gasteiger partial charge in [0.05, 0.1) is 10.6 Å². The van der Waals surface area contributed by atoms with Crippen LogP contribution in [0.3, 0.4) is 0 Å². The van der Waals surface area contributed by atoms with E-state index in [0.717, 1.165) is 25.1 Å². The van der Waals surface area contributed by atoms with Crippen LogP contribution in [0.1, 0.15) is 39.2 Å².